The Labute approximate surface area is 299 Å². The van der Waals surface area contributed by atoms with E-state index in [0.717, 1.165) is 61.0 Å². The van der Waals surface area contributed by atoms with Crippen molar-refractivity contribution >= 4 is 65.2 Å². The lowest BCUT2D eigenvalue weighted by atomic mass is 10.0. The second kappa shape index (κ2) is 11.2. The topological polar surface area (TPSA) is 35.6 Å². The van der Waals surface area contributed by atoms with E-state index < -0.39 is 0 Å². The molecule has 11 rings (SSSR count). The van der Waals surface area contributed by atoms with Gasteiger partial charge in [-0.05, 0) is 51.9 Å². The largest absolute Gasteiger partial charge is 0.309 e. The summed E-state index contributed by atoms with van der Waals surface area (Å²) in [4.78, 5) is 10.9. The number of aromatic nitrogens is 4. The van der Waals surface area contributed by atoms with Gasteiger partial charge in [-0.15, -0.1) is 0 Å². The van der Waals surface area contributed by atoms with Crippen LogP contribution < -0.4 is 0 Å². The fraction of sp³-hybridized carbons (Fsp3) is 0. The minimum absolute atomic E-state index is 0.696. The van der Waals surface area contributed by atoms with Crippen LogP contribution in [0.15, 0.2) is 182 Å². The number of hydrogen-bond acceptors (Lipinski definition) is 2. The third kappa shape index (κ3) is 4.21. The average molecular weight is 663 g/mol. The molecule has 52 heavy (non-hydrogen) atoms. The molecule has 0 N–H and O–H groups in total. The molecule has 0 unspecified atom stereocenters. The molecule has 11 aromatic rings. The Kier molecular flexibility index (Phi) is 6.22. The van der Waals surface area contributed by atoms with Crippen LogP contribution in [0.3, 0.4) is 0 Å². The molecule has 0 amide bonds. The number of fused-ring (bicyclic) bond motifs is 9. The first kappa shape index (κ1) is 28.8. The van der Waals surface area contributed by atoms with E-state index in [4.69, 9.17) is 9.97 Å². The maximum atomic E-state index is 5.50. The molecule has 8 aromatic carbocycles. The van der Waals surface area contributed by atoms with E-state index in [9.17, 15) is 0 Å². The smallest absolute Gasteiger partial charge is 0.162 e. The minimum Gasteiger partial charge on any atom is -0.309 e. The molecule has 4 nitrogen and oxygen atoms in total. The molecule has 0 spiro atoms. The highest BCUT2D eigenvalue weighted by molar-refractivity contribution is 6.26. The molecule has 0 bridgehead atoms. The second-order valence-electron chi connectivity index (χ2n) is 13.4. The molecular formula is C48H30N4. The highest BCUT2D eigenvalue weighted by Crippen LogP contribution is 2.42. The lowest BCUT2D eigenvalue weighted by Crippen LogP contribution is -2.03. The van der Waals surface area contributed by atoms with E-state index in [1.54, 1.807) is 0 Å². The van der Waals surface area contributed by atoms with Crippen LogP contribution in [0.2, 0.25) is 0 Å². The van der Waals surface area contributed by atoms with Crippen molar-refractivity contribution in [2.75, 3.05) is 0 Å². The molecule has 0 saturated heterocycles. The van der Waals surface area contributed by atoms with Crippen LogP contribution in [-0.4, -0.2) is 19.1 Å². The van der Waals surface area contributed by atoms with Crippen molar-refractivity contribution < 1.29 is 0 Å². The van der Waals surface area contributed by atoms with Gasteiger partial charge in [0.15, 0.2) is 5.82 Å². The fourth-order valence-electron chi connectivity index (χ4n) is 8.28. The first-order valence-electron chi connectivity index (χ1n) is 17.7. The van der Waals surface area contributed by atoms with Gasteiger partial charge in [-0.1, -0.05) is 146 Å². The van der Waals surface area contributed by atoms with Crippen LogP contribution in [0.1, 0.15) is 0 Å². The van der Waals surface area contributed by atoms with E-state index in [1.165, 1.54) is 32.4 Å². The molecule has 0 aliphatic rings. The third-order valence-electron chi connectivity index (χ3n) is 10.5. The predicted octanol–water partition coefficient (Wildman–Crippen LogP) is 12.3. The number of nitrogens with zero attached hydrogens (tertiary/aromatic N) is 4. The third-order valence-corrected chi connectivity index (χ3v) is 10.5. The first-order chi connectivity index (χ1) is 25.8. The quantitative estimate of drug-likeness (QED) is 0.188. The lowest BCUT2D eigenvalue weighted by Gasteiger charge is -2.14. The van der Waals surface area contributed by atoms with Crippen LogP contribution in [0.25, 0.3) is 99.3 Å². The molecule has 3 aromatic heterocycles. The SMILES string of the molecule is c1ccc(-n2c3ccccc3c3c2ccc2c4ccccc4n(-c4cc(-c5cccc6ccccc56)nc(-c5cccc6ccccc56)n4)c23)cc1. The van der Waals surface area contributed by atoms with Crippen molar-refractivity contribution in [2.24, 2.45) is 0 Å². The standard InChI is InChI=1S/C48H30N4/c1-2-18-33(19-3-1)51-43-27-11-9-23-40(43)46-44(51)29-28-38-37-22-8-10-26-42(37)52(47(38)46)45-30-41(36-24-12-16-31-14-4-6-20-34(31)36)49-48(50-45)39-25-13-17-32-15-5-7-21-35(32)39/h1-30H. The summed E-state index contributed by atoms with van der Waals surface area (Å²) in [6.45, 7) is 0. The molecule has 4 heteroatoms. The van der Waals surface area contributed by atoms with E-state index in [-0.39, 0.29) is 0 Å². The van der Waals surface area contributed by atoms with Crippen LogP contribution in [-0.2, 0) is 0 Å². The first-order valence-corrected chi connectivity index (χ1v) is 17.7. The van der Waals surface area contributed by atoms with Gasteiger partial charge in [0.1, 0.15) is 5.82 Å². The summed E-state index contributed by atoms with van der Waals surface area (Å²) in [5, 5.41) is 9.41. The normalized spacial score (nSPS) is 11.8. The van der Waals surface area contributed by atoms with Crippen molar-refractivity contribution in [1.82, 2.24) is 19.1 Å². The van der Waals surface area contributed by atoms with Gasteiger partial charge in [0.05, 0.1) is 27.8 Å². The molecule has 242 valence electrons. The summed E-state index contributed by atoms with van der Waals surface area (Å²) in [5.74, 6) is 1.53. The lowest BCUT2D eigenvalue weighted by molar-refractivity contribution is 1.05. The average Bonchev–Trinajstić information content (AvgIpc) is 3.73. The molecule has 3 heterocycles. The Morgan fingerprint density at radius 2 is 0.942 bits per heavy atom. The molecule has 0 fully saturated rings. The Morgan fingerprint density at radius 1 is 0.365 bits per heavy atom. The zero-order valence-corrected chi connectivity index (χ0v) is 28.1. The maximum absolute atomic E-state index is 5.50. The molecule has 0 aliphatic carbocycles. The summed E-state index contributed by atoms with van der Waals surface area (Å²) in [6.07, 6.45) is 0. The molecular weight excluding hydrogens is 633 g/mol. The van der Waals surface area contributed by atoms with Crippen molar-refractivity contribution in [1.29, 1.82) is 0 Å². The van der Waals surface area contributed by atoms with Crippen molar-refractivity contribution in [3.63, 3.8) is 0 Å². The number of para-hydroxylation sites is 3. The van der Waals surface area contributed by atoms with Crippen molar-refractivity contribution in [3.8, 4) is 34.2 Å². The van der Waals surface area contributed by atoms with Gasteiger partial charge in [0, 0.05) is 44.4 Å². The van der Waals surface area contributed by atoms with Crippen LogP contribution in [0.4, 0.5) is 0 Å². The zero-order valence-electron chi connectivity index (χ0n) is 28.1. The Bertz CT molecular complexity index is 3080. The summed E-state index contributed by atoms with van der Waals surface area (Å²) in [7, 11) is 0. The Morgan fingerprint density at radius 3 is 1.69 bits per heavy atom. The van der Waals surface area contributed by atoms with E-state index in [0.29, 0.717) is 5.82 Å². The second-order valence-corrected chi connectivity index (χ2v) is 13.4. The Balaban J connectivity index is 1.31. The van der Waals surface area contributed by atoms with E-state index in [2.05, 4.69) is 191 Å². The van der Waals surface area contributed by atoms with Gasteiger partial charge < -0.3 is 4.57 Å². The van der Waals surface area contributed by atoms with Crippen LogP contribution in [0, 0.1) is 0 Å². The monoisotopic (exact) mass is 662 g/mol. The number of hydrogen-bond donors (Lipinski definition) is 0. The molecule has 0 saturated carbocycles. The molecule has 0 radical (unpaired) electrons. The van der Waals surface area contributed by atoms with E-state index >= 15 is 0 Å². The molecule has 0 atom stereocenters. The van der Waals surface area contributed by atoms with Crippen LogP contribution >= 0.6 is 0 Å². The summed E-state index contributed by atoms with van der Waals surface area (Å²) >= 11 is 0. The summed E-state index contributed by atoms with van der Waals surface area (Å²) in [5.41, 5.74) is 8.67. The maximum Gasteiger partial charge on any atom is 0.162 e. The number of benzene rings is 8. The molecule has 0 aliphatic heterocycles. The van der Waals surface area contributed by atoms with Crippen LogP contribution in [0.5, 0.6) is 0 Å². The van der Waals surface area contributed by atoms with Gasteiger partial charge in [-0.2, -0.15) is 0 Å². The summed E-state index contributed by atoms with van der Waals surface area (Å²) in [6, 6.07) is 64.8. The van der Waals surface area contributed by atoms with Gasteiger partial charge in [0.25, 0.3) is 0 Å². The fourth-order valence-corrected chi connectivity index (χ4v) is 8.28. The number of rotatable bonds is 4. The zero-order chi connectivity index (χ0) is 34.2. The van der Waals surface area contributed by atoms with Crippen molar-refractivity contribution in [2.45, 2.75) is 0 Å². The van der Waals surface area contributed by atoms with Gasteiger partial charge in [0.2, 0.25) is 0 Å². The Hall–Kier alpha value is -7.04. The van der Waals surface area contributed by atoms with Gasteiger partial charge in [-0.3, -0.25) is 4.57 Å². The van der Waals surface area contributed by atoms with E-state index in [1.807, 2.05) is 0 Å². The predicted molar refractivity (Wildman–Crippen MR) is 217 cm³/mol. The summed E-state index contributed by atoms with van der Waals surface area (Å²) < 4.78 is 4.76. The highest BCUT2D eigenvalue weighted by atomic mass is 15.1. The minimum atomic E-state index is 0.696. The van der Waals surface area contributed by atoms with Gasteiger partial charge in [-0.25, -0.2) is 9.97 Å². The highest BCUT2D eigenvalue weighted by Gasteiger charge is 2.23. The van der Waals surface area contributed by atoms with Gasteiger partial charge >= 0.3 is 0 Å². The van der Waals surface area contributed by atoms with Crippen molar-refractivity contribution in [3.05, 3.63) is 182 Å².